The summed E-state index contributed by atoms with van der Waals surface area (Å²) in [6, 6.07) is 13.3. The van der Waals surface area contributed by atoms with Crippen LogP contribution < -0.4 is 0 Å². The molecule has 0 radical (unpaired) electrons. The number of hydrogen-bond donors (Lipinski definition) is 2. The van der Waals surface area contributed by atoms with Gasteiger partial charge in [-0.2, -0.15) is 0 Å². The number of para-hydroxylation sites is 1. The Morgan fingerprint density at radius 3 is 2.86 bits per heavy atom. The maximum Gasteiger partial charge on any atom is 0.147 e. The van der Waals surface area contributed by atoms with Crippen LogP contribution in [0.25, 0.3) is 10.9 Å². The number of aromatic hydroxyl groups is 1. The molecule has 1 aromatic heterocycles. The molecule has 150 valence electrons. The van der Waals surface area contributed by atoms with Crippen molar-refractivity contribution in [2.75, 3.05) is 19.6 Å². The molecule has 2 atom stereocenters. The first-order valence-electron chi connectivity index (χ1n) is 10.9. The molecule has 1 aliphatic heterocycles. The number of nitrogens with one attached hydrogen (secondary N) is 1. The van der Waals surface area contributed by atoms with Crippen molar-refractivity contribution in [1.82, 2.24) is 9.88 Å². The predicted molar refractivity (Wildman–Crippen MR) is 113 cm³/mol. The average Bonchev–Trinajstić information content (AvgIpc) is 3.46. The first kappa shape index (κ1) is 17.5. The predicted octanol–water partition coefficient (Wildman–Crippen LogP) is 4.78. The zero-order valence-corrected chi connectivity index (χ0v) is 16.6. The smallest absolute Gasteiger partial charge is 0.147 e. The third-order valence-electron chi connectivity index (χ3n) is 7.69. The molecule has 1 saturated heterocycles. The summed E-state index contributed by atoms with van der Waals surface area (Å²) < 4.78 is 14.5. The molecular formula is C25H27FN2O. The van der Waals surface area contributed by atoms with E-state index >= 15 is 0 Å². The topological polar surface area (TPSA) is 39.3 Å². The van der Waals surface area contributed by atoms with E-state index in [1.165, 1.54) is 36.2 Å². The van der Waals surface area contributed by atoms with Crippen LogP contribution in [0.1, 0.15) is 36.1 Å². The molecule has 3 nitrogen and oxygen atoms in total. The van der Waals surface area contributed by atoms with Crippen molar-refractivity contribution in [1.29, 1.82) is 0 Å². The van der Waals surface area contributed by atoms with Gasteiger partial charge in [0, 0.05) is 29.6 Å². The van der Waals surface area contributed by atoms with Crippen LogP contribution in [0.5, 0.6) is 5.75 Å². The number of aromatic nitrogens is 1. The fraction of sp³-hybridized carbons (Fsp3) is 0.440. The molecule has 6 rings (SSSR count). The number of hydrogen-bond acceptors (Lipinski definition) is 2. The minimum atomic E-state index is -0.165. The fourth-order valence-electron chi connectivity index (χ4n) is 6.00. The quantitative estimate of drug-likeness (QED) is 0.675. The van der Waals surface area contributed by atoms with Gasteiger partial charge in [-0.05, 0) is 79.8 Å². The van der Waals surface area contributed by atoms with E-state index in [-0.39, 0.29) is 11.2 Å². The van der Waals surface area contributed by atoms with Crippen molar-refractivity contribution in [3.8, 4) is 5.75 Å². The van der Waals surface area contributed by atoms with Crippen LogP contribution in [0.15, 0.2) is 42.5 Å². The number of likely N-dealkylation sites (tertiary alicyclic amines) is 1. The van der Waals surface area contributed by atoms with Crippen LogP contribution in [0.2, 0.25) is 0 Å². The highest BCUT2D eigenvalue weighted by molar-refractivity contribution is 5.85. The SMILES string of the molecule is Oc1cccc([C@]23CCN(CC4CC4)CC2Cc2c([nH]c4c(F)cccc24)C3)c1. The summed E-state index contributed by atoms with van der Waals surface area (Å²) in [5, 5.41) is 11.2. The molecular weight excluding hydrogens is 363 g/mol. The molecule has 1 saturated carbocycles. The normalized spacial score (nSPS) is 27.0. The molecule has 2 N–H and O–H groups in total. The maximum atomic E-state index is 14.5. The molecule has 2 aliphatic carbocycles. The first-order valence-corrected chi connectivity index (χ1v) is 10.9. The third kappa shape index (κ3) is 2.80. The van der Waals surface area contributed by atoms with Crippen molar-refractivity contribution < 1.29 is 9.50 Å². The lowest BCUT2D eigenvalue weighted by molar-refractivity contribution is 0.0783. The number of phenols is 1. The fourth-order valence-corrected chi connectivity index (χ4v) is 6.00. The van der Waals surface area contributed by atoms with E-state index < -0.39 is 0 Å². The van der Waals surface area contributed by atoms with Gasteiger partial charge in [0.15, 0.2) is 0 Å². The van der Waals surface area contributed by atoms with Gasteiger partial charge in [0.25, 0.3) is 0 Å². The Labute approximate surface area is 170 Å². The van der Waals surface area contributed by atoms with Gasteiger partial charge in [0.05, 0.1) is 5.52 Å². The van der Waals surface area contributed by atoms with Crippen LogP contribution in [-0.4, -0.2) is 34.6 Å². The summed E-state index contributed by atoms with van der Waals surface area (Å²) in [6.07, 6.45) is 5.71. The summed E-state index contributed by atoms with van der Waals surface area (Å²) in [4.78, 5) is 6.09. The molecule has 1 unspecified atom stereocenters. The van der Waals surface area contributed by atoms with E-state index in [0.29, 0.717) is 17.2 Å². The second kappa shape index (κ2) is 6.33. The van der Waals surface area contributed by atoms with Gasteiger partial charge < -0.3 is 15.0 Å². The van der Waals surface area contributed by atoms with Gasteiger partial charge in [0.2, 0.25) is 0 Å². The Morgan fingerprint density at radius 2 is 2.03 bits per heavy atom. The second-order valence-corrected chi connectivity index (χ2v) is 9.48. The molecule has 3 aromatic rings. The summed E-state index contributed by atoms with van der Waals surface area (Å²) in [6.45, 7) is 3.42. The lowest BCUT2D eigenvalue weighted by Gasteiger charge is -2.51. The van der Waals surface area contributed by atoms with Crippen LogP contribution in [0, 0.1) is 17.7 Å². The third-order valence-corrected chi connectivity index (χ3v) is 7.69. The van der Waals surface area contributed by atoms with Gasteiger partial charge in [-0.1, -0.05) is 24.3 Å². The molecule has 2 aromatic carbocycles. The molecule has 3 aliphatic rings. The monoisotopic (exact) mass is 390 g/mol. The Bertz CT molecular complexity index is 1090. The first-order chi connectivity index (χ1) is 14.1. The van der Waals surface area contributed by atoms with E-state index in [1.54, 1.807) is 12.1 Å². The van der Waals surface area contributed by atoms with Crippen molar-refractivity contribution in [2.24, 2.45) is 11.8 Å². The van der Waals surface area contributed by atoms with Crippen molar-refractivity contribution in [3.63, 3.8) is 0 Å². The standard InChI is InChI=1S/C25H27FN2O/c26-22-6-2-5-20-21-12-18-15-28(14-16-7-8-16)10-9-25(18,13-23(21)27-24(20)22)17-3-1-4-19(29)11-17/h1-6,11,16,18,27,29H,7-10,12-15H2/t18?,25-/m1/s1. The minimum Gasteiger partial charge on any atom is -0.508 e. The number of aromatic amines is 1. The van der Waals surface area contributed by atoms with E-state index in [2.05, 4.69) is 22.0 Å². The number of benzene rings is 2. The Hall–Kier alpha value is -2.33. The van der Waals surface area contributed by atoms with Gasteiger partial charge in [-0.15, -0.1) is 0 Å². The Kier molecular flexibility index (Phi) is 3.83. The van der Waals surface area contributed by atoms with Gasteiger partial charge in [-0.25, -0.2) is 4.39 Å². The molecule has 2 fully saturated rings. The number of fused-ring (bicyclic) bond motifs is 4. The van der Waals surface area contributed by atoms with E-state index in [9.17, 15) is 9.50 Å². The van der Waals surface area contributed by atoms with Crippen LogP contribution in [0.3, 0.4) is 0 Å². The largest absolute Gasteiger partial charge is 0.508 e. The summed E-state index contributed by atoms with van der Waals surface area (Å²) in [5.41, 5.74) is 4.37. The summed E-state index contributed by atoms with van der Waals surface area (Å²) >= 11 is 0. The summed E-state index contributed by atoms with van der Waals surface area (Å²) in [5.74, 6) is 1.54. The summed E-state index contributed by atoms with van der Waals surface area (Å²) in [7, 11) is 0. The lowest BCUT2D eigenvalue weighted by Crippen LogP contribution is -2.54. The van der Waals surface area contributed by atoms with Crippen LogP contribution in [-0.2, 0) is 18.3 Å². The van der Waals surface area contributed by atoms with Crippen LogP contribution >= 0.6 is 0 Å². The number of H-pyrrole nitrogens is 1. The van der Waals surface area contributed by atoms with Gasteiger partial charge in [-0.3, -0.25) is 0 Å². The molecule has 0 spiro atoms. The lowest BCUT2D eigenvalue weighted by atomic mass is 9.58. The van der Waals surface area contributed by atoms with Crippen molar-refractivity contribution in [2.45, 2.75) is 37.5 Å². The second-order valence-electron chi connectivity index (χ2n) is 9.48. The van der Waals surface area contributed by atoms with Gasteiger partial charge in [0.1, 0.15) is 11.6 Å². The highest BCUT2D eigenvalue weighted by Crippen LogP contribution is 2.50. The molecule has 0 bridgehead atoms. The number of halogens is 1. The number of piperidine rings is 1. The Morgan fingerprint density at radius 1 is 1.17 bits per heavy atom. The highest BCUT2D eigenvalue weighted by atomic mass is 19.1. The maximum absolute atomic E-state index is 14.5. The number of rotatable bonds is 3. The number of nitrogens with zero attached hydrogens (tertiary/aromatic N) is 1. The molecule has 2 heterocycles. The average molecular weight is 391 g/mol. The van der Waals surface area contributed by atoms with E-state index in [0.717, 1.165) is 43.7 Å². The van der Waals surface area contributed by atoms with E-state index in [1.807, 2.05) is 18.2 Å². The molecule has 0 amide bonds. The zero-order chi connectivity index (χ0) is 19.6. The molecule has 4 heteroatoms. The van der Waals surface area contributed by atoms with E-state index in [4.69, 9.17) is 0 Å². The van der Waals surface area contributed by atoms with Crippen LogP contribution in [0.4, 0.5) is 4.39 Å². The minimum absolute atomic E-state index is 0.00312. The number of phenolic OH excluding ortho intramolecular Hbond substituents is 1. The molecule has 29 heavy (non-hydrogen) atoms. The zero-order valence-electron chi connectivity index (χ0n) is 16.6. The Balaban J connectivity index is 1.46. The highest BCUT2D eigenvalue weighted by Gasteiger charge is 2.48. The van der Waals surface area contributed by atoms with Crippen molar-refractivity contribution in [3.05, 3.63) is 65.1 Å². The van der Waals surface area contributed by atoms with Gasteiger partial charge >= 0.3 is 0 Å². The van der Waals surface area contributed by atoms with Crippen molar-refractivity contribution >= 4 is 10.9 Å².